The Morgan fingerprint density at radius 1 is 1.03 bits per heavy atom. The molecule has 1 fully saturated rings. The summed E-state index contributed by atoms with van der Waals surface area (Å²) in [4.78, 5) is 11.4. The molecular formula is C25H27ClNO5PS. The normalized spacial score (nSPS) is 22.4. The van der Waals surface area contributed by atoms with E-state index >= 15 is 0 Å². The lowest BCUT2D eigenvalue weighted by atomic mass is 9.94. The van der Waals surface area contributed by atoms with Crippen molar-refractivity contribution in [3.8, 4) is 5.75 Å². The van der Waals surface area contributed by atoms with Crippen LogP contribution in [0.5, 0.6) is 5.75 Å². The minimum atomic E-state index is -3.93. The van der Waals surface area contributed by atoms with Gasteiger partial charge in [-0.15, -0.1) is 0 Å². The third kappa shape index (κ3) is 7.33. The molecule has 6 nitrogen and oxygen atoms in total. The van der Waals surface area contributed by atoms with Crippen LogP contribution < -0.4 is 10.5 Å². The Balaban J connectivity index is 1.29. The van der Waals surface area contributed by atoms with Crippen molar-refractivity contribution in [2.45, 2.75) is 41.2 Å². The maximum Gasteiger partial charge on any atom is 0.472 e. The van der Waals surface area contributed by atoms with E-state index in [1.165, 1.54) is 0 Å². The van der Waals surface area contributed by atoms with E-state index < -0.39 is 13.4 Å². The van der Waals surface area contributed by atoms with E-state index in [1.807, 2.05) is 66.7 Å². The zero-order valence-electron chi connectivity index (χ0n) is 18.6. The lowest BCUT2D eigenvalue weighted by molar-refractivity contribution is 0.0362. The number of phosphoric acid groups is 1. The van der Waals surface area contributed by atoms with Crippen LogP contribution in [0.4, 0.5) is 0 Å². The first-order valence-electron chi connectivity index (χ1n) is 10.9. The van der Waals surface area contributed by atoms with E-state index in [4.69, 9.17) is 31.1 Å². The van der Waals surface area contributed by atoms with Crippen LogP contribution >= 0.6 is 31.2 Å². The molecule has 0 spiro atoms. The molecule has 1 heterocycles. The number of aryl methyl sites for hydroxylation is 1. The summed E-state index contributed by atoms with van der Waals surface area (Å²) < 4.78 is 27.0. The van der Waals surface area contributed by atoms with Crippen LogP contribution in [0.25, 0.3) is 0 Å². The minimum Gasteiger partial charge on any atom is -0.489 e. The van der Waals surface area contributed by atoms with Gasteiger partial charge in [-0.25, -0.2) is 4.57 Å². The molecule has 0 saturated carbocycles. The molecule has 180 valence electrons. The first-order valence-corrected chi connectivity index (χ1v) is 13.6. The molecule has 9 heteroatoms. The number of halogens is 1. The smallest absolute Gasteiger partial charge is 0.472 e. The lowest BCUT2D eigenvalue weighted by Crippen LogP contribution is -2.50. The number of hydrogen-bond donors (Lipinski definition) is 2. The Labute approximate surface area is 209 Å². The number of nitrogens with two attached hydrogens (primary N) is 1. The van der Waals surface area contributed by atoms with Gasteiger partial charge in [-0.3, -0.25) is 9.05 Å². The number of hydrogen-bond acceptors (Lipinski definition) is 6. The average molecular weight is 520 g/mol. The Kier molecular flexibility index (Phi) is 8.38. The van der Waals surface area contributed by atoms with Crippen LogP contribution in [0, 0.1) is 0 Å². The molecule has 0 unspecified atom stereocenters. The molecule has 0 aromatic heterocycles. The first kappa shape index (κ1) is 25.3. The Bertz CT molecular complexity index is 1150. The van der Waals surface area contributed by atoms with Crippen LogP contribution in [-0.4, -0.2) is 23.6 Å². The Morgan fingerprint density at radius 3 is 2.50 bits per heavy atom. The van der Waals surface area contributed by atoms with E-state index in [0.717, 1.165) is 39.5 Å². The second kappa shape index (κ2) is 11.3. The summed E-state index contributed by atoms with van der Waals surface area (Å²) in [6, 6.07) is 24.1. The number of ether oxygens (including phenoxy) is 1. The van der Waals surface area contributed by atoms with Crippen molar-refractivity contribution >= 4 is 31.2 Å². The van der Waals surface area contributed by atoms with Crippen LogP contribution in [0.2, 0.25) is 5.02 Å². The summed E-state index contributed by atoms with van der Waals surface area (Å²) in [5, 5.41) is 0.698. The highest BCUT2D eigenvalue weighted by molar-refractivity contribution is 7.99. The van der Waals surface area contributed by atoms with Crippen molar-refractivity contribution < 1.29 is 23.2 Å². The fourth-order valence-electron chi connectivity index (χ4n) is 3.57. The minimum absolute atomic E-state index is 0.00177. The maximum atomic E-state index is 11.4. The van der Waals surface area contributed by atoms with Crippen LogP contribution in [-0.2, 0) is 26.6 Å². The highest BCUT2D eigenvalue weighted by Crippen LogP contribution is 2.48. The zero-order valence-corrected chi connectivity index (χ0v) is 21.0. The lowest BCUT2D eigenvalue weighted by Gasteiger charge is -2.34. The monoisotopic (exact) mass is 519 g/mol. The molecule has 1 aliphatic heterocycles. The fourth-order valence-corrected chi connectivity index (χ4v) is 5.73. The molecule has 4 rings (SSSR count). The van der Waals surface area contributed by atoms with Gasteiger partial charge in [-0.05, 0) is 60.7 Å². The Hall–Kier alpha value is -1.83. The van der Waals surface area contributed by atoms with Gasteiger partial charge in [0.15, 0.2) is 0 Å². The quantitative estimate of drug-likeness (QED) is 0.323. The largest absolute Gasteiger partial charge is 0.489 e. The molecule has 3 aromatic rings. The van der Waals surface area contributed by atoms with Crippen molar-refractivity contribution in [2.75, 3.05) is 13.2 Å². The van der Waals surface area contributed by atoms with Crippen molar-refractivity contribution in [1.29, 1.82) is 0 Å². The molecule has 3 N–H and O–H groups in total. The molecule has 34 heavy (non-hydrogen) atoms. The predicted octanol–water partition coefficient (Wildman–Crippen LogP) is 6.24. The maximum absolute atomic E-state index is 11.4. The molecule has 3 aromatic carbocycles. The van der Waals surface area contributed by atoms with Gasteiger partial charge in [0.2, 0.25) is 0 Å². The summed E-state index contributed by atoms with van der Waals surface area (Å²) in [6.45, 7) is 0.521. The van der Waals surface area contributed by atoms with Gasteiger partial charge >= 0.3 is 7.82 Å². The summed E-state index contributed by atoms with van der Waals surface area (Å²) in [5.74, 6) is 0.820. The van der Waals surface area contributed by atoms with Gasteiger partial charge in [0.25, 0.3) is 0 Å². The molecule has 1 aliphatic rings. The van der Waals surface area contributed by atoms with Gasteiger partial charge < -0.3 is 15.4 Å². The van der Waals surface area contributed by atoms with Gasteiger partial charge in [0.05, 0.1) is 18.8 Å². The van der Waals surface area contributed by atoms with Gasteiger partial charge in [-0.2, -0.15) is 0 Å². The van der Waals surface area contributed by atoms with Crippen molar-refractivity contribution in [1.82, 2.24) is 0 Å². The van der Waals surface area contributed by atoms with Crippen molar-refractivity contribution in [3.05, 3.63) is 88.9 Å². The summed E-state index contributed by atoms with van der Waals surface area (Å²) in [5.41, 5.74) is 7.61. The highest BCUT2D eigenvalue weighted by atomic mass is 35.5. The molecule has 1 saturated heterocycles. The molecule has 0 bridgehead atoms. The van der Waals surface area contributed by atoms with E-state index in [9.17, 15) is 9.46 Å². The van der Waals surface area contributed by atoms with E-state index in [-0.39, 0.29) is 13.2 Å². The van der Waals surface area contributed by atoms with E-state index in [0.29, 0.717) is 18.1 Å². The third-order valence-corrected chi connectivity index (χ3v) is 7.71. The number of rotatable bonds is 9. The summed E-state index contributed by atoms with van der Waals surface area (Å²) >= 11 is 8.17. The predicted molar refractivity (Wildman–Crippen MR) is 134 cm³/mol. The Morgan fingerprint density at radius 2 is 1.76 bits per heavy atom. The van der Waals surface area contributed by atoms with E-state index in [1.54, 1.807) is 11.8 Å². The fraction of sp³-hybridized carbons (Fsp3) is 0.280. The molecule has 0 radical (unpaired) electrons. The topological polar surface area (TPSA) is 91.0 Å². The van der Waals surface area contributed by atoms with Crippen LogP contribution in [0.1, 0.15) is 24.0 Å². The third-order valence-electron chi connectivity index (χ3n) is 5.47. The standard InChI is InChI=1S/C25H27ClNO5PS/c26-24-15-23(12-11-20(24)8-5-13-25(27)17-31-33(28,29)32-18-25)34-22-10-4-9-21(14-22)30-16-19-6-2-1-3-7-19/h1-4,6-7,9-12,14-15H,5,8,13,16-18,27H2,(H,28,29). The second-order valence-corrected chi connectivity index (χ2v) is 11.3. The van der Waals surface area contributed by atoms with Gasteiger partial charge in [-0.1, -0.05) is 65.8 Å². The molecule has 0 atom stereocenters. The second-order valence-electron chi connectivity index (χ2n) is 8.34. The number of benzene rings is 3. The van der Waals surface area contributed by atoms with Gasteiger partial charge in [0, 0.05) is 14.8 Å². The summed E-state index contributed by atoms with van der Waals surface area (Å²) in [7, 11) is -3.93. The average Bonchev–Trinajstić information content (AvgIpc) is 2.82. The zero-order chi connectivity index (χ0) is 24.0. The SMILES string of the molecule is NC1(CCCc2ccc(Sc3cccc(OCc4ccccc4)c3)cc2Cl)COP(=O)(O)OC1. The first-order chi connectivity index (χ1) is 16.3. The van der Waals surface area contributed by atoms with Crippen molar-refractivity contribution in [3.63, 3.8) is 0 Å². The molecule has 0 amide bonds. The highest BCUT2D eigenvalue weighted by Gasteiger charge is 2.38. The van der Waals surface area contributed by atoms with Crippen LogP contribution in [0.3, 0.4) is 0 Å². The van der Waals surface area contributed by atoms with Gasteiger partial charge in [0.1, 0.15) is 12.4 Å². The van der Waals surface area contributed by atoms with Crippen molar-refractivity contribution in [2.24, 2.45) is 5.73 Å². The number of phosphoric ester groups is 1. The summed E-state index contributed by atoms with van der Waals surface area (Å²) in [6.07, 6.45) is 2.09. The van der Waals surface area contributed by atoms with Crippen LogP contribution in [0.15, 0.2) is 82.6 Å². The van der Waals surface area contributed by atoms with E-state index in [2.05, 4.69) is 6.07 Å². The molecule has 0 aliphatic carbocycles. The molecular weight excluding hydrogens is 493 g/mol.